The van der Waals surface area contributed by atoms with E-state index in [2.05, 4.69) is 41.5 Å². The smallest absolute Gasteiger partial charge is 0.220 e. The monoisotopic (exact) mass is 373 g/mol. The molecule has 4 nitrogen and oxygen atoms in total. The summed E-state index contributed by atoms with van der Waals surface area (Å²) in [5, 5.41) is 2.97. The van der Waals surface area contributed by atoms with Crippen LogP contribution in [0.3, 0.4) is 0 Å². The standard InChI is InChI=1S/C23H39N3O/c1-2-3-4-5-6-7-8-9-10-11-12-13-14-15-17-23(27)25-18-16-20-26-21-19-24-22-26/h11-14,19,21-22H,2-10,15-18,20H2,1H3,(H,25,27)/b12-11+,14-13+. The molecule has 1 aromatic rings. The molecule has 1 N–H and O–H groups in total. The highest BCUT2D eigenvalue weighted by molar-refractivity contribution is 5.75. The average Bonchev–Trinajstić information content (AvgIpc) is 3.19. The van der Waals surface area contributed by atoms with Crippen LogP contribution in [0.25, 0.3) is 0 Å². The lowest BCUT2D eigenvalue weighted by atomic mass is 10.1. The minimum atomic E-state index is 0.133. The molecule has 0 radical (unpaired) electrons. The van der Waals surface area contributed by atoms with E-state index in [1.54, 1.807) is 12.5 Å². The summed E-state index contributed by atoms with van der Waals surface area (Å²) in [5.74, 6) is 0.133. The molecule has 27 heavy (non-hydrogen) atoms. The van der Waals surface area contributed by atoms with Gasteiger partial charge >= 0.3 is 0 Å². The van der Waals surface area contributed by atoms with Gasteiger partial charge < -0.3 is 9.88 Å². The molecular formula is C23H39N3O. The Morgan fingerprint density at radius 2 is 1.67 bits per heavy atom. The number of nitrogens with one attached hydrogen (secondary N) is 1. The van der Waals surface area contributed by atoms with Crippen molar-refractivity contribution in [3.05, 3.63) is 43.0 Å². The zero-order chi connectivity index (χ0) is 19.4. The van der Waals surface area contributed by atoms with Crippen molar-refractivity contribution in [1.82, 2.24) is 14.9 Å². The molecule has 0 aliphatic rings. The van der Waals surface area contributed by atoms with Crippen molar-refractivity contribution in [2.45, 2.75) is 90.5 Å². The van der Waals surface area contributed by atoms with E-state index in [4.69, 9.17) is 0 Å². The molecule has 0 bridgehead atoms. The normalized spacial score (nSPS) is 11.6. The van der Waals surface area contributed by atoms with E-state index in [1.807, 2.05) is 10.8 Å². The molecule has 0 aliphatic heterocycles. The van der Waals surface area contributed by atoms with E-state index in [1.165, 1.54) is 51.4 Å². The van der Waals surface area contributed by atoms with Crippen LogP contribution in [0.15, 0.2) is 43.0 Å². The lowest BCUT2D eigenvalue weighted by Crippen LogP contribution is -2.24. The third kappa shape index (κ3) is 15.0. The van der Waals surface area contributed by atoms with Crippen molar-refractivity contribution < 1.29 is 4.79 Å². The van der Waals surface area contributed by atoms with Gasteiger partial charge in [-0.1, -0.05) is 76.2 Å². The molecule has 1 heterocycles. The van der Waals surface area contributed by atoms with Crippen molar-refractivity contribution in [3.8, 4) is 0 Å². The first kappa shape index (κ1) is 23.2. The van der Waals surface area contributed by atoms with Gasteiger partial charge in [0.05, 0.1) is 6.33 Å². The molecule has 0 atom stereocenters. The van der Waals surface area contributed by atoms with E-state index >= 15 is 0 Å². The van der Waals surface area contributed by atoms with Crippen LogP contribution in [0.2, 0.25) is 0 Å². The SMILES string of the molecule is CCCCCCCCCC/C=C/C=C/CCC(=O)NCCCn1ccnc1. The van der Waals surface area contributed by atoms with Crippen LogP contribution in [0.1, 0.15) is 84.0 Å². The molecular weight excluding hydrogens is 334 g/mol. The van der Waals surface area contributed by atoms with Crippen molar-refractivity contribution in [1.29, 1.82) is 0 Å². The maximum absolute atomic E-state index is 11.7. The molecule has 152 valence electrons. The minimum Gasteiger partial charge on any atom is -0.356 e. The van der Waals surface area contributed by atoms with Crippen LogP contribution >= 0.6 is 0 Å². The molecule has 0 aliphatic carbocycles. The Hall–Kier alpha value is -1.84. The number of hydrogen-bond donors (Lipinski definition) is 1. The van der Waals surface area contributed by atoms with Crippen LogP contribution in [0, 0.1) is 0 Å². The minimum absolute atomic E-state index is 0.133. The number of nitrogens with zero attached hydrogens (tertiary/aromatic N) is 2. The largest absolute Gasteiger partial charge is 0.356 e. The Bertz CT molecular complexity index is 506. The lowest BCUT2D eigenvalue weighted by Gasteiger charge is -2.04. The molecule has 1 rings (SSSR count). The van der Waals surface area contributed by atoms with Gasteiger partial charge in [-0.25, -0.2) is 4.98 Å². The Kier molecular flexibility index (Phi) is 15.1. The number of hydrogen-bond acceptors (Lipinski definition) is 2. The number of amides is 1. The number of aryl methyl sites for hydroxylation is 1. The Balaban J connectivity index is 1.85. The molecule has 0 aromatic carbocycles. The fraction of sp³-hybridized carbons (Fsp3) is 0.652. The second kappa shape index (κ2) is 17.6. The number of unbranched alkanes of at least 4 members (excludes halogenated alkanes) is 8. The summed E-state index contributed by atoms with van der Waals surface area (Å²) in [5.41, 5.74) is 0. The highest BCUT2D eigenvalue weighted by atomic mass is 16.1. The van der Waals surface area contributed by atoms with Gasteiger partial charge in [0.2, 0.25) is 5.91 Å². The predicted octanol–water partition coefficient (Wildman–Crippen LogP) is 5.81. The van der Waals surface area contributed by atoms with Gasteiger partial charge in [0, 0.05) is 31.9 Å². The zero-order valence-corrected chi connectivity index (χ0v) is 17.2. The first-order valence-corrected chi connectivity index (χ1v) is 10.9. The van der Waals surface area contributed by atoms with Gasteiger partial charge in [0.1, 0.15) is 0 Å². The van der Waals surface area contributed by atoms with Gasteiger partial charge in [-0.05, 0) is 25.7 Å². The van der Waals surface area contributed by atoms with Crippen LogP contribution < -0.4 is 5.32 Å². The molecule has 1 aromatic heterocycles. The maximum Gasteiger partial charge on any atom is 0.220 e. The van der Waals surface area contributed by atoms with E-state index in [-0.39, 0.29) is 5.91 Å². The van der Waals surface area contributed by atoms with Gasteiger partial charge in [0.25, 0.3) is 0 Å². The summed E-state index contributed by atoms with van der Waals surface area (Å²) in [7, 11) is 0. The van der Waals surface area contributed by atoms with Gasteiger partial charge in [-0.2, -0.15) is 0 Å². The van der Waals surface area contributed by atoms with Gasteiger partial charge in [0.15, 0.2) is 0 Å². The molecule has 0 unspecified atom stereocenters. The van der Waals surface area contributed by atoms with Gasteiger partial charge in [-0.15, -0.1) is 0 Å². The van der Waals surface area contributed by atoms with E-state index in [9.17, 15) is 4.79 Å². The van der Waals surface area contributed by atoms with E-state index in [0.717, 1.165) is 32.4 Å². The number of imidazole rings is 1. The zero-order valence-electron chi connectivity index (χ0n) is 17.2. The highest BCUT2D eigenvalue weighted by Crippen LogP contribution is 2.09. The number of rotatable bonds is 17. The lowest BCUT2D eigenvalue weighted by molar-refractivity contribution is -0.121. The Labute approximate surface area is 166 Å². The molecule has 4 heteroatoms. The Morgan fingerprint density at radius 1 is 0.963 bits per heavy atom. The van der Waals surface area contributed by atoms with Crippen LogP contribution in [0.5, 0.6) is 0 Å². The highest BCUT2D eigenvalue weighted by Gasteiger charge is 1.98. The van der Waals surface area contributed by atoms with E-state index < -0.39 is 0 Å². The summed E-state index contributed by atoms with van der Waals surface area (Å²) in [4.78, 5) is 15.7. The third-order valence-electron chi connectivity index (χ3n) is 4.62. The van der Waals surface area contributed by atoms with Crippen LogP contribution in [0.4, 0.5) is 0 Å². The third-order valence-corrected chi connectivity index (χ3v) is 4.62. The topological polar surface area (TPSA) is 46.9 Å². The quantitative estimate of drug-likeness (QED) is 0.276. The predicted molar refractivity (Wildman–Crippen MR) is 115 cm³/mol. The van der Waals surface area contributed by atoms with Crippen molar-refractivity contribution in [2.24, 2.45) is 0 Å². The van der Waals surface area contributed by atoms with Crippen molar-refractivity contribution in [3.63, 3.8) is 0 Å². The molecule has 1 amide bonds. The summed E-state index contributed by atoms with van der Waals surface area (Å²) in [6, 6.07) is 0. The second-order valence-electron chi connectivity index (χ2n) is 7.16. The van der Waals surface area contributed by atoms with Crippen molar-refractivity contribution >= 4 is 5.91 Å². The second-order valence-corrected chi connectivity index (χ2v) is 7.16. The average molecular weight is 374 g/mol. The molecule has 0 fully saturated rings. The number of carbonyl (C=O) groups is 1. The van der Waals surface area contributed by atoms with Crippen LogP contribution in [-0.4, -0.2) is 22.0 Å². The fourth-order valence-corrected chi connectivity index (χ4v) is 2.96. The number of carbonyl (C=O) groups excluding carboxylic acids is 1. The summed E-state index contributed by atoms with van der Waals surface area (Å²) < 4.78 is 2.02. The summed E-state index contributed by atoms with van der Waals surface area (Å²) in [6.07, 6.45) is 28.4. The number of aromatic nitrogens is 2. The Morgan fingerprint density at radius 3 is 2.37 bits per heavy atom. The van der Waals surface area contributed by atoms with E-state index in [0.29, 0.717) is 6.42 Å². The number of allylic oxidation sites excluding steroid dienone is 4. The van der Waals surface area contributed by atoms with Gasteiger partial charge in [-0.3, -0.25) is 4.79 Å². The summed E-state index contributed by atoms with van der Waals surface area (Å²) in [6.45, 7) is 3.88. The van der Waals surface area contributed by atoms with Crippen LogP contribution in [-0.2, 0) is 11.3 Å². The van der Waals surface area contributed by atoms with Crippen molar-refractivity contribution in [2.75, 3.05) is 6.54 Å². The molecule has 0 saturated carbocycles. The molecule has 0 spiro atoms. The summed E-state index contributed by atoms with van der Waals surface area (Å²) >= 11 is 0. The first-order chi connectivity index (χ1) is 13.3. The maximum atomic E-state index is 11.7. The first-order valence-electron chi connectivity index (χ1n) is 10.9. The fourth-order valence-electron chi connectivity index (χ4n) is 2.96. The molecule has 0 saturated heterocycles.